The van der Waals surface area contributed by atoms with Crippen LogP contribution in [0.2, 0.25) is 0 Å². The molecule has 2 heterocycles. The molecule has 0 aliphatic rings. The fourth-order valence-electron chi connectivity index (χ4n) is 3.52. The zero-order valence-corrected chi connectivity index (χ0v) is 18.7. The Morgan fingerprint density at radius 1 is 1.13 bits per heavy atom. The number of hydrogen-bond donors (Lipinski definition) is 1. The third-order valence-electron chi connectivity index (χ3n) is 5.15. The first kappa shape index (κ1) is 21.0. The summed E-state index contributed by atoms with van der Waals surface area (Å²) >= 11 is 1.41. The van der Waals surface area contributed by atoms with Crippen LogP contribution >= 0.6 is 11.8 Å². The normalized spacial score (nSPS) is 12.1. The Morgan fingerprint density at radius 3 is 2.68 bits per heavy atom. The highest BCUT2D eigenvalue weighted by Crippen LogP contribution is 2.32. The number of ether oxygens (including phenoxy) is 2. The van der Waals surface area contributed by atoms with Crippen molar-refractivity contribution in [2.75, 3.05) is 19.5 Å². The third kappa shape index (κ3) is 4.03. The number of thioether (sulfide) groups is 1. The summed E-state index contributed by atoms with van der Waals surface area (Å²) in [5.74, 6) is 1.08. The number of hydrogen-bond acceptors (Lipinski definition) is 6. The van der Waals surface area contributed by atoms with Gasteiger partial charge in [-0.3, -0.25) is 9.20 Å². The van der Waals surface area contributed by atoms with E-state index in [1.54, 1.807) is 32.4 Å². The van der Waals surface area contributed by atoms with Crippen LogP contribution in [0, 0.1) is 6.92 Å². The van der Waals surface area contributed by atoms with E-state index >= 15 is 0 Å². The number of amides is 1. The minimum Gasteiger partial charge on any atom is -0.497 e. The van der Waals surface area contributed by atoms with Crippen LogP contribution in [-0.4, -0.2) is 40.0 Å². The minimum atomic E-state index is -0.348. The Labute approximate surface area is 184 Å². The number of rotatable bonds is 7. The molecule has 0 saturated carbocycles. The fourth-order valence-corrected chi connectivity index (χ4v) is 4.49. The van der Waals surface area contributed by atoms with Crippen LogP contribution in [0.3, 0.4) is 0 Å². The lowest BCUT2D eigenvalue weighted by Crippen LogP contribution is -2.25. The summed E-state index contributed by atoms with van der Waals surface area (Å²) in [6.07, 6.45) is 0.633. The second-order valence-corrected chi connectivity index (χ2v) is 8.26. The van der Waals surface area contributed by atoms with Gasteiger partial charge in [-0.2, -0.15) is 0 Å². The summed E-state index contributed by atoms with van der Waals surface area (Å²) < 4.78 is 12.6. The molecule has 0 spiro atoms. The molecule has 1 amide bonds. The van der Waals surface area contributed by atoms with Crippen molar-refractivity contribution in [3.8, 4) is 11.5 Å². The van der Waals surface area contributed by atoms with Gasteiger partial charge in [0.15, 0.2) is 10.8 Å². The standard InChI is InChI=1S/C23H24N4O3S/c1-5-20(22(28)24-17-11-10-15(29-3)13-19(17)30-4)31-23-26-25-21-12-14(2)16-8-6-7-9-18(16)27(21)23/h6-13,20H,5H2,1-4H3,(H,24,28). The van der Waals surface area contributed by atoms with Crippen LogP contribution in [0.4, 0.5) is 5.69 Å². The van der Waals surface area contributed by atoms with Gasteiger partial charge in [-0.1, -0.05) is 36.9 Å². The highest BCUT2D eigenvalue weighted by Gasteiger charge is 2.23. The van der Waals surface area contributed by atoms with E-state index in [-0.39, 0.29) is 11.2 Å². The molecule has 0 radical (unpaired) electrons. The van der Waals surface area contributed by atoms with Gasteiger partial charge in [-0.05, 0) is 43.2 Å². The predicted molar refractivity (Wildman–Crippen MR) is 123 cm³/mol. The number of aryl methyl sites for hydroxylation is 1. The molecule has 8 heteroatoms. The van der Waals surface area contributed by atoms with Crippen LogP contribution in [0.15, 0.2) is 53.7 Å². The Balaban J connectivity index is 1.63. The molecule has 1 unspecified atom stereocenters. The largest absolute Gasteiger partial charge is 0.497 e. The maximum absolute atomic E-state index is 13.1. The maximum Gasteiger partial charge on any atom is 0.238 e. The molecular weight excluding hydrogens is 412 g/mol. The number of anilines is 1. The van der Waals surface area contributed by atoms with Crippen molar-refractivity contribution >= 4 is 39.9 Å². The molecule has 2 aromatic carbocycles. The summed E-state index contributed by atoms with van der Waals surface area (Å²) in [5, 5.41) is 13.2. The summed E-state index contributed by atoms with van der Waals surface area (Å²) in [4.78, 5) is 13.1. The highest BCUT2D eigenvalue weighted by atomic mass is 32.2. The van der Waals surface area contributed by atoms with Crippen LogP contribution in [0.5, 0.6) is 11.5 Å². The summed E-state index contributed by atoms with van der Waals surface area (Å²) in [5.41, 5.74) is 3.53. The third-order valence-corrected chi connectivity index (χ3v) is 6.46. The zero-order chi connectivity index (χ0) is 22.0. The van der Waals surface area contributed by atoms with Crippen molar-refractivity contribution in [3.63, 3.8) is 0 Å². The molecule has 31 heavy (non-hydrogen) atoms. The molecule has 0 saturated heterocycles. The van der Waals surface area contributed by atoms with Crippen molar-refractivity contribution in [3.05, 3.63) is 54.1 Å². The average molecular weight is 437 g/mol. The van der Waals surface area contributed by atoms with Crippen molar-refractivity contribution in [2.24, 2.45) is 0 Å². The lowest BCUT2D eigenvalue weighted by molar-refractivity contribution is -0.115. The second kappa shape index (κ2) is 8.85. The van der Waals surface area contributed by atoms with E-state index in [1.807, 2.05) is 35.6 Å². The van der Waals surface area contributed by atoms with E-state index in [0.29, 0.717) is 28.8 Å². The molecule has 0 fully saturated rings. The van der Waals surface area contributed by atoms with Gasteiger partial charge < -0.3 is 14.8 Å². The SMILES string of the molecule is CCC(Sc1nnc2cc(C)c3ccccc3n12)C(=O)Nc1ccc(OC)cc1OC. The number of carbonyl (C=O) groups is 1. The number of nitrogens with zero attached hydrogens (tertiary/aromatic N) is 3. The van der Waals surface area contributed by atoms with Gasteiger partial charge in [-0.25, -0.2) is 0 Å². The summed E-state index contributed by atoms with van der Waals surface area (Å²) in [6.45, 7) is 4.04. The molecule has 0 bridgehead atoms. The number of fused-ring (bicyclic) bond motifs is 3. The van der Waals surface area contributed by atoms with Crippen molar-refractivity contribution in [1.82, 2.24) is 14.6 Å². The second-order valence-electron chi connectivity index (χ2n) is 7.09. The van der Waals surface area contributed by atoms with Gasteiger partial charge in [0, 0.05) is 11.5 Å². The maximum atomic E-state index is 13.1. The molecule has 4 aromatic rings. The molecule has 1 atom stereocenters. The summed E-state index contributed by atoms with van der Waals surface area (Å²) in [6, 6.07) is 15.5. The number of benzene rings is 2. The van der Waals surface area contributed by atoms with E-state index in [1.165, 1.54) is 11.8 Å². The zero-order valence-electron chi connectivity index (χ0n) is 17.9. The first-order valence-corrected chi connectivity index (χ1v) is 10.9. The first-order chi connectivity index (χ1) is 15.0. The molecule has 1 N–H and O–H groups in total. The molecule has 0 aliphatic carbocycles. The first-order valence-electron chi connectivity index (χ1n) is 9.98. The van der Waals surface area contributed by atoms with E-state index in [2.05, 4.69) is 28.5 Å². The van der Waals surface area contributed by atoms with Gasteiger partial charge in [0.25, 0.3) is 0 Å². The van der Waals surface area contributed by atoms with Crippen molar-refractivity contribution in [1.29, 1.82) is 0 Å². The average Bonchev–Trinajstić information content (AvgIpc) is 3.20. The fraction of sp³-hybridized carbons (Fsp3) is 0.261. The lowest BCUT2D eigenvalue weighted by atomic mass is 10.1. The van der Waals surface area contributed by atoms with E-state index in [9.17, 15) is 4.79 Å². The van der Waals surface area contributed by atoms with Gasteiger partial charge in [0.05, 0.1) is 30.7 Å². The number of aromatic nitrogens is 3. The number of methoxy groups -OCH3 is 2. The van der Waals surface area contributed by atoms with Crippen LogP contribution < -0.4 is 14.8 Å². The predicted octanol–water partition coefficient (Wildman–Crippen LogP) is 4.72. The van der Waals surface area contributed by atoms with Crippen molar-refractivity contribution in [2.45, 2.75) is 30.7 Å². The van der Waals surface area contributed by atoms with Gasteiger partial charge in [0.1, 0.15) is 11.5 Å². The van der Waals surface area contributed by atoms with E-state index in [0.717, 1.165) is 22.1 Å². The Morgan fingerprint density at radius 2 is 1.94 bits per heavy atom. The molecular formula is C23H24N4O3S. The van der Waals surface area contributed by atoms with Gasteiger partial charge in [0.2, 0.25) is 5.91 Å². The number of nitrogens with one attached hydrogen (secondary N) is 1. The number of pyridine rings is 1. The highest BCUT2D eigenvalue weighted by molar-refractivity contribution is 8.00. The Hall–Kier alpha value is -3.26. The van der Waals surface area contributed by atoms with Crippen LogP contribution in [-0.2, 0) is 4.79 Å². The topological polar surface area (TPSA) is 77.8 Å². The monoisotopic (exact) mass is 436 g/mol. The summed E-state index contributed by atoms with van der Waals surface area (Å²) in [7, 11) is 3.15. The number of carbonyl (C=O) groups excluding carboxylic acids is 1. The van der Waals surface area contributed by atoms with Crippen LogP contribution in [0.1, 0.15) is 18.9 Å². The van der Waals surface area contributed by atoms with E-state index in [4.69, 9.17) is 9.47 Å². The molecule has 160 valence electrons. The smallest absolute Gasteiger partial charge is 0.238 e. The van der Waals surface area contributed by atoms with Crippen LogP contribution in [0.25, 0.3) is 16.6 Å². The molecule has 0 aliphatic heterocycles. The number of para-hydroxylation sites is 1. The minimum absolute atomic E-state index is 0.121. The Bertz CT molecular complexity index is 1250. The van der Waals surface area contributed by atoms with Gasteiger partial charge >= 0.3 is 0 Å². The quantitative estimate of drug-likeness (QED) is 0.423. The molecule has 4 rings (SSSR count). The molecule has 7 nitrogen and oxygen atoms in total. The lowest BCUT2D eigenvalue weighted by Gasteiger charge is -2.16. The van der Waals surface area contributed by atoms with Crippen molar-refractivity contribution < 1.29 is 14.3 Å². The van der Waals surface area contributed by atoms with E-state index < -0.39 is 0 Å². The Kier molecular flexibility index (Phi) is 5.99. The molecule has 2 aromatic heterocycles. The van der Waals surface area contributed by atoms with Gasteiger partial charge in [-0.15, -0.1) is 10.2 Å².